The van der Waals surface area contributed by atoms with Gasteiger partial charge in [-0.15, -0.1) is 0 Å². The average molecular weight is 220 g/mol. The maximum atomic E-state index is 10.1. The van der Waals surface area contributed by atoms with E-state index in [1.807, 2.05) is 30.5 Å². The van der Waals surface area contributed by atoms with Crippen molar-refractivity contribution in [2.45, 2.75) is 19.9 Å². The van der Waals surface area contributed by atoms with E-state index in [9.17, 15) is 5.11 Å². The summed E-state index contributed by atoms with van der Waals surface area (Å²) in [5, 5.41) is 10.1. The molecule has 1 N–H and O–H groups in total. The predicted octanol–water partition coefficient (Wildman–Crippen LogP) is 2.26. The first kappa shape index (κ1) is 11.0. The highest BCUT2D eigenvalue weighted by atomic mass is 16.5. The average Bonchev–Trinajstić information content (AvgIpc) is 2.53. The maximum Gasteiger partial charge on any atom is 0.197 e. The van der Waals surface area contributed by atoms with E-state index in [2.05, 4.69) is 4.98 Å². The van der Waals surface area contributed by atoms with Gasteiger partial charge in [-0.3, -0.25) is 4.98 Å². The molecule has 0 aliphatic heterocycles. The van der Waals surface area contributed by atoms with Crippen LogP contribution < -0.4 is 0 Å². The maximum absolute atomic E-state index is 10.1. The third kappa shape index (κ3) is 1.55. The molecule has 0 unspecified atom stereocenters. The number of hydrogen-bond donors (Lipinski definition) is 1. The number of hydrogen-bond acceptors (Lipinski definition) is 3. The molecule has 0 amide bonds. The van der Waals surface area contributed by atoms with Crippen molar-refractivity contribution >= 4 is 11.0 Å². The van der Waals surface area contributed by atoms with Crippen LogP contribution in [0.1, 0.15) is 18.5 Å². The summed E-state index contributed by atoms with van der Waals surface area (Å²) in [6.07, 6.45) is 1.74. The van der Waals surface area contributed by atoms with Crippen LogP contribution in [0.15, 0.2) is 18.3 Å². The van der Waals surface area contributed by atoms with Crippen LogP contribution in [0.25, 0.3) is 11.0 Å². The third-order valence-electron chi connectivity index (χ3n) is 2.81. The van der Waals surface area contributed by atoms with E-state index in [4.69, 9.17) is 4.74 Å². The fourth-order valence-electron chi connectivity index (χ4n) is 2.04. The summed E-state index contributed by atoms with van der Waals surface area (Å²) in [6.45, 7) is 4.45. The molecule has 0 saturated carbocycles. The van der Waals surface area contributed by atoms with Gasteiger partial charge in [0.05, 0.1) is 23.7 Å². The fraction of sp³-hybridized carbons (Fsp3) is 0.417. The minimum absolute atomic E-state index is 0.0883. The smallest absolute Gasteiger partial charge is 0.197 e. The van der Waals surface area contributed by atoms with E-state index >= 15 is 0 Å². The van der Waals surface area contributed by atoms with Crippen molar-refractivity contribution in [3.05, 3.63) is 23.9 Å². The Labute approximate surface area is 94.5 Å². The first-order chi connectivity index (χ1) is 7.66. The zero-order valence-electron chi connectivity index (χ0n) is 9.77. The summed E-state index contributed by atoms with van der Waals surface area (Å²) < 4.78 is 6.98. The molecule has 0 aliphatic rings. The van der Waals surface area contributed by atoms with Crippen LogP contribution >= 0.6 is 0 Å². The van der Waals surface area contributed by atoms with Crippen molar-refractivity contribution in [2.75, 3.05) is 13.7 Å². The lowest BCUT2D eigenvalue weighted by Crippen LogP contribution is -2.10. The van der Waals surface area contributed by atoms with E-state index in [0.717, 1.165) is 16.6 Å². The van der Waals surface area contributed by atoms with Crippen molar-refractivity contribution in [3.8, 4) is 5.88 Å². The summed E-state index contributed by atoms with van der Waals surface area (Å²) in [7, 11) is 1.66. The van der Waals surface area contributed by atoms with Crippen molar-refractivity contribution in [3.63, 3.8) is 0 Å². The number of ether oxygens (including phenoxy) is 1. The number of aromatic hydroxyl groups is 1. The molecule has 2 aromatic rings. The van der Waals surface area contributed by atoms with Crippen molar-refractivity contribution in [1.29, 1.82) is 0 Å². The quantitative estimate of drug-likeness (QED) is 0.863. The molecule has 4 heteroatoms. The molecule has 0 spiro atoms. The Bertz CT molecular complexity index is 505. The zero-order chi connectivity index (χ0) is 11.7. The highest BCUT2D eigenvalue weighted by Crippen LogP contribution is 2.31. The lowest BCUT2D eigenvalue weighted by molar-refractivity contribution is 0.160. The highest BCUT2D eigenvalue weighted by Gasteiger charge is 2.17. The Morgan fingerprint density at radius 1 is 1.56 bits per heavy atom. The van der Waals surface area contributed by atoms with E-state index in [-0.39, 0.29) is 11.9 Å². The fourth-order valence-corrected chi connectivity index (χ4v) is 2.04. The minimum Gasteiger partial charge on any atom is -0.494 e. The lowest BCUT2D eigenvalue weighted by Gasteiger charge is -2.15. The van der Waals surface area contributed by atoms with Crippen LogP contribution in [0.3, 0.4) is 0 Å². The van der Waals surface area contributed by atoms with Crippen molar-refractivity contribution in [1.82, 2.24) is 9.55 Å². The Morgan fingerprint density at radius 3 is 3.00 bits per heavy atom. The molecular formula is C12H16N2O2. The van der Waals surface area contributed by atoms with Crippen LogP contribution in [0, 0.1) is 6.92 Å². The highest BCUT2D eigenvalue weighted by molar-refractivity contribution is 5.82. The summed E-state index contributed by atoms with van der Waals surface area (Å²) in [5.74, 6) is 0.276. The van der Waals surface area contributed by atoms with Crippen LogP contribution in [0.5, 0.6) is 5.88 Å². The minimum atomic E-state index is 0.0883. The zero-order valence-corrected chi connectivity index (χ0v) is 9.77. The van der Waals surface area contributed by atoms with Gasteiger partial charge in [0.1, 0.15) is 0 Å². The van der Waals surface area contributed by atoms with E-state index in [0.29, 0.717) is 6.61 Å². The molecule has 0 saturated heterocycles. The molecule has 2 heterocycles. The number of methoxy groups -OCH3 is 1. The van der Waals surface area contributed by atoms with E-state index in [1.54, 1.807) is 13.3 Å². The number of aromatic nitrogens is 2. The van der Waals surface area contributed by atoms with Gasteiger partial charge in [-0.05, 0) is 26.0 Å². The topological polar surface area (TPSA) is 47.3 Å². The molecule has 0 radical (unpaired) electrons. The largest absolute Gasteiger partial charge is 0.494 e. The summed E-state index contributed by atoms with van der Waals surface area (Å²) >= 11 is 0. The standard InChI is InChI=1S/C12H16N2O2/c1-8(7-16-3)14-10-5-4-6-13-11(10)9(2)12(14)15/h4-6,8,15H,7H2,1-3H3/t8-/m0/s1. The molecule has 16 heavy (non-hydrogen) atoms. The monoisotopic (exact) mass is 220 g/mol. The number of rotatable bonds is 3. The number of aryl methyl sites for hydroxylation is 1. The first-order valence-corrected chi connectivity index (χ1v) is 5.30. The predicted molar refractivity (Wildman–Crippen MR) is 62.7 cm³/mol. The molecule has 0 bridgehead atoms. The molecular weight excluding hydrogens is 204 g/mol. The van der Waals surface area contributed by atoms with E-state index in [1.165, 1.54) is 0 Å². The van der Waals surface area contributed by atoms with Gasteiger partial charge in [-0.25, -0.2) is 0 Å². The van der Waals surface area contributed by atoms with Gasteiger partial charge in [0.2, 0.25) is 0 Å². The van der Waals surface area contributed by atoms with Gasteiger partial charge in [0.15, 0.2) is 5.88 Å². The van der Waals surface area contributed by atoms with Crippen LogP contribution in [0.2, 0.25) is 0 Å². The van der Waals surface area contributed by atoms with Gasteiger partial charge < -0.3 is 14.4 Å². The Kier molecular flexibility index (Phi) is 2.83. The van der Waals surface area contributed by atoms with Gasteiger partial charge in [-0.2, -0.15) is 0 Å². The molecule has 2 aromatic heterocycles. The Hall–Kier alpha value is -1.55. The first-order valence-electron chi connectivity index (χ1n) is 5.30. The number of fused-ring (bicyclic) bond motifs is 1. The molecule has 0 aromatic carbocycles. The third-order valence-corrected chi connectivity index (χ3v) is 2.81. The number of nitrogens with zero attached hydrogens (tertiary/aromatic N) is 2. The Balaban J connectivity index is 2.64. The van der Waals surface area contributed by atoms with Gasteiger partial charge in [0, 0.05) is 18.9 Å². The van der Waals surface area contributed by atoms with E-state index < -0.39 is 0 Å². The van der Waals surface area contributed by atoms with Crippen molar-refractivity contribution in [2.24, 2.45) is 0 Å². The molecule has 4 nitrogen and oxygen atoms in total. The number of pyridine rings is 1. The SMILES string of the molecule is COC[C@H](C)n1c(O)c(C)c2ncccc21. The molecule has 0 fully saturated rings. The normalized spacial score (nSPS) is 13.2. The van der Waals surface area contributed by atoms with Crippen LogP contribution in [-0.2, 0) is 4.74 Å². The summed E-state index contributed by atoms with van der Waals surface area (Å²) in [5.41, 5.74) is 2.61. The summed E-state index contributed by atoms with van der Waals surface area (Å²) in [6, 6.07) is 3.92. The van der Waals surface area contributed by atoms with Gasteiger partial charge in [0.25, 0.3) is 0 Å². The van der Waals surface area contributed by atoms with Gasteiger partial charge in [-0.1, -0.05) is 0 Å². The van der Waals surface area contributed by atoms with Crippen LogP contribution in [-0.4, -0.2) is 28.4 Å². The summed E-state index contributed by atoms with van der Waals surface area (Å²) in [4.78, 5) is 4.28. The molecule has 2 rings (SSSR count). The second kappa shape index (κ2) is 4.14. The molecule has 1 atom stereocenters. The molecule has 86 valence electrons. The molecule has 0 aliphatic carbocycles. The van der Waals surface area contributed by atoms with Crippen molar-refractivity contribution < 1.29 is 9.84 Å². The second-order valence-electron chi connectivity index (χ2n) is 3.99. The lowest BCUT2D eigenvalue weighted by atomic mass is 10.3. The van der Waals surface area contributed by atoms with Crippen LogP contribution in [0.4, 0.5) is 0 Å². The second-order valence-corrected chi connectivity index (χ2v) is 3.99. The van der Waals surface area contributed by atoms with Gasteiger partial charge >= 0.3 is 0 Å². The Morgan fingerprint density at radius 2 is 2.31 bits per heavy atom.